The van der Waals surface area contributed by atoms with Crippen molar-refractivity contribution >= 4 is 23.4 Å². The summed E-state index contributed by atoms with van der Waals surface area (Å²) in [5.74, 6) is -0.108. The first-order valence-corrected chi connectivity index (χ1v) is 9.07. The van der Waals surface area contributed by atoms with Gasteiger partial charge in [0.2, 0.25) is 0 Å². The van der Waals surface area contributed by atoms with E-state index in [0.717, 1.165) is 30.9 Å². The van der Waals surface area contributed by atoms with E-state index in [9.17, 15) is 4.79 Å². The molecular weight excluding hydrogens is 310 g/mol. The van der Waals surface area contributed by atoms with Crippen molar-refractivity contribution in [2.75, 3.05) is 18.2 Å². The Morgan fingerprint density at radius 1 is 1.43 bits per heavy atom. The highest BCUT2D eigenvalue weighted by Gasteiger charge is 2.16. The molecule has 1 aromatic heterocycles. The zero-order valence-corrected chi connectivity index (χ0v) is 14.0. The zero-order valence-electron chi connectivity index (χ0n) is 13.2. The molecule has 1 amide bonds. The first-order chi connectivity index (χ1) is 11.3. The van der Waals surface area contributed by atoms with Crippen LogP contribution in [0.3, 0.4) is 0 Å². The lowest BCUT2D eigenvalue weighted by atomic mass is 10.1. The Hall–Kier alpha value is -1.79. The molecule has 1 aromatic carbocycles. The maximum atomic E-state index is 12.4. The number of thioether (sulfide) groups is 1. The largest absolute Gasteiger partial charge is 0.376 e. The van der Waals surface area contributed by atoms with Gasteiger partial charge in [-0.05, 0) is 37.7 Å². The lowest BCUT2D eigenvalue weighted by molar-refractivity contribution is 0.00401. The smallest absolute Gasteiger partial charge is 0.256 e. The average Bonchev–Trinajstić information content (AvgIpc) is 3.02. The molecule has 0 spiro atoms. The van der Waals surface area contributed by atoms with Crippen LogP contribution >= 0.6 is 11.8 Å². The summed E-state index contributed by atoms with van der Waals surface area (Å²) in [5, 5.41) is 7.23. The van der Waals surface area contributed by atoms with Gasteiger partial charge in [-0.1, -0.05) is 12.1 Å². The molecule has 1 unspecified atom stereocenters. The number of amides is 1. The minimum absolute atomic E-state index is 0.108. The van der Waals surface area contributed by atoms with Gasteiger partial charge >= 0.3 is 0 Å². The number of hydrogen-bond acceptors (Lipinski definition) is 4. The van der Waals surface area contributed by atoms with Crippen LogP contribution in [0.25, 0.3) is 0 Å². The van der Waals surface area contributed by atoms with Crippen LogP contribution in [-0.4, -0.2) is 34.7 Å². The molecule has 1 fully saturated rings. The van der Waals surface area contributed by atoms with Crippen molar-refractivity contribution in [2.24, 2.45) is 0 Å². The number of rotatable bonds is 5. The summed E-state index contributed by atoms with van der Waals surface area (Å²) in [6, 6.07) is 7.59. The number of aromatic nitrogens is 2. The fraction of sp³-hybridized carbons (Fsp3) is 0.412. The molecule has 1 N–H and O–H groups in total. The van der Waals surface area contributed by atoms with Crippen LogP contribution in [-0.2, 0) is 11.3 Å². The third-order valence-electron chi connectivity index (χ3n) is 3.91. The summed E-state index contributed by atoms with van der Waals surface area (Å²) < 4.78 is 7.56. The van der Waals surface area contributed by atoms with Crippen molar-refractivity contribution in [3.63, 3.8) is 0 Å². The number of anilines is 1. The number of ether oxygens (including phenoxy) is 1. The molecule has 1 atom stereocenters. The van der Waals surface area contributed by atoms with E-state index in [1.54, 1.807) is 18.0 Å². The second-order valence-electron chi connectivity index (χ2n) is 5.59. The van der Waals surface area contributed by atoms with Gasteiger partial charge in [-0.3, -0.25) is 9.48 Å². The van der Waals surface area contributed by atoms with E-state index >= 15 is 0 Å². The molecule has 5 nitrogen and oxygen atoms in total. The average molecular weight is 331 g/mol. The zero-order chi connectivity index (χ0) is 16.1. The van der Waals surface area contributed by atoms with Gasteiger partial charge < -0.3 is 10.1 Å². The molecule has 0 saturated carbocycles. The van der Waals surface area contributed by atoms with Crippen LogP contribution in [0.1, 0.15) is 29.6 Å². The molecule has 23 heavy (non-hydrogen) atoms. The molecule has 1 saturated heterocycles. The molecule has 3 rings (SSSR count). The van der Waals surface area contributed by atoms with Crippen LogP contribution in [0.4, 0.5) is 5.69 Å². The highest BCUT2D eigenvalue weighted by atomic mass is 32.2. The maximum Gasteiger partial charge on any atom is 0.256 e. The van der Waals surface area contributed by atoms with E-state index in [1.807, 2.05) is 41.4 Å². The molecule has 1 aliphatic rings. The topological polar surface area (TPSA) is 56.2 Å². The summed E-state index contributed by atoms with van der Waals surface area (Å²) in [5.41, 5.74) is 1.39. The van der Waals surface area contributed by atoms with Crippen molar-refractivity contribution in [2.45, 2.75) is 36.8 Å². The van der Waals surface area contributed by atoms with Gasteiger partial charge in [-0.2, -0.15) is 5.10 Å². The Morgan fingerprint density at radius 2 is 2.30 bits per heavy atom. The summed E-state index contributed by atoms with van der Waals surface area (Å²) in [6.45, 7) is 1.57. The van der Waals surface area contributed by atoms with E-state index in [1.165, 1.54) is 6.42 Å². The van der Waals surface area contributed by atoms with Crippen LogP contribution < -0.4 is 5.32 Å². The maximum absolute atomic E-state index is 12.4. The van der Waals surface area contributed by atoms with E-state index in [-0.39, 0.29) is 12.0 Å². The molecule has 1 aliphatic heterocycles. The summed E-state index contributed by atoms with van der Waals surface area (Å²) in [7, 11) is 0. The van der Waals surface area contributed by atoms with Gasteiger partial charge in [0.05, 0.1) is 30.1 Å². The number of nitrogens with one attached hydrogen (secondary N) is 1. The van der Waals surface area contributed by atoms with Gasteiger partial charge in [0.15, 0.2) is 0 Å². The monoisotopic (exact) mass is 331 g/mol. The van der Waals surface area contributed by atoms with E-state index in [0.29, 0.717) is 11.3 Å². The van der Waals surface area contributed by atoms with Crippen LogP contribution in [0.2, 0.25) is 0 Å². The van der Waals surface area contributed by atoms with Crippen molar-refractivity contribution < 1.29 is 9.53 Å². The van der Waals surface area contributed by atoms with E-state index in [4.69, 9.17) is 4.74 Å². The van der Waals surface area contributed by atoms with Gasteiger partial charge in [0.1, 0.15) is 0 Å². The van der Waals surface area contributed by atoms with Crippen molar-refractivity contribution in [1.82, 2.24) is 9.78 Å². The first kappa shape index (κ1) is 16.1. The van der Waals surface area contributed by atoms with Gasteiger partial charge in [-0.15, -0.1) is 11.8 Å². The van der Waals surface area contributed by atoms with Crippen LogP contribution in [0.15, 0.2) is 41.6 Å². The predicted molar refractivity (Wildman–Crippen MR) is 92.0 cm³/mol. The Bertz CT molecular complexity index is 665. The normalized spacial score (nSPS) is 17.9. The summed E-state index contributed by atoms with van der Waals surface area (Å²) >= 11 is 1.56. The van der Waals surface area contributed by atoms with Gasteiger partial charge in [0, 0.05) is 17.7 Å². The quantitative estimate of drug-likeness (QED) is 0.853. The second-order valence-corrected chi connectivity index (χ2v) is 6.44. The summed E-state index contributed by atoms with van der Waals surface area (Å²) in [4.78, 5) is 13.4. The fourth-order valence-corrected chi connectivity index (χ4v) is 3.31. The van der Waals surface area contributed by atoms with Gasteiger partial charge in [0.25, 0.3) is 5.91 Å². The minimum atomic E-state index is -0.108. The molecule has 2 heterocycles. The molecule has 0 radical (unpaired) electrons. The number of carbonyl (C=O) groups excluding carboxylic acids is 1. The SMILES string of the molecule is CSc1ccccc1C(=O)Nc1cnn(CC2CCCCO2)c1. The highest BCUT2D eigenvalue weighted by Crippen LogP contribution is 2.21. The molecule has 2 aromatic rings. The Kier molecular flexibility index (Phi) is 5.35. The van der Waals surface area contributed by atoms with E-state index < -0.39 is 0 Å². The summed E-state index contributed by atoms with van der Waals surface area (Å²) in [6.07, 6.45) is 9.16. The number of benzene rings is 1. The molecule has 0 aliphatic carbocycles. The highest BCUT2D eigenvalue weighted by molar-refractivity contribution is 7.98. The molecular formula is C17H21N3O2S. The molecule has 6 heteroatoms. The Morgan fingerprint density at radius 3 is 3.09 bits per heavy atom. The van der Waals surface area contributed by atoms with Crippen molar-refractivity contribution in [3.05, 3.63) is 42.2 Å². The van der Waals surface area contributed by atoms with E-state index in [2.05, 4.69) is 10.4 Å². The van der Waals surface area contributed by atoms with Crippen LogP contribution in [0.5, 0.6) is 0 Å². The lowest BCUT2D eigenvalue weighted by Crippen LogP contribution is -2.24. The second kappa shape index (κ2) is 7.66. The Labute approximate surface area is 140 Å². The first-order valence-electron chi connectivity index (χ1n) is 7.84. The van der Waals surface area contributed by atoms with Gasteiger partial charge in [-0.25, -0.2) is 0 Å². The number of nitrogens with zero attached hydrogens (tertiary/aromatic N) is 2. The fourth-order valence-electron chi connectivity index (χ4n) is 2.72. The number of carbonyl (C=O) groups is 1. The van der Waals surface area contributed by atoms with Crippen molar-refractivity contribution in [3.8, 4) is 0 Å². The minimum Gasteiger partial charge on any atom is -0.376 e. The lowest BCUT2D eigenvalue weighted by Gasteiger charge is -2.22. The molecule has 122 valence electrons. The van der Waals surface area contributed by atoms with Crippen LogP contribution in [0, 0.1) is 0 Å². The third-order valence-corrected chi connectivity index (χ3v) is 4.70. The van der Waals surface area contributed by atoms with Crippen molar-refractivity contribution in [1.29, 1.82) is 0 Å². The number of hydrogen-bond donors (Lipinski definition) is 1. The third kappa shape index (κ3) is 4.14. The molecule has 0 bridgehead atoms. The standard InChI is InChI=1S/C17H21N3O2S/c1-23-16-8-3-2-7-15(16)17(21)19-13-10-18-20(11-13)12-14-6-4-5-9-22-14/h2-3,7-8,10-11,14H,4-6,9,12H2,1H3,(H,19,21). The Balaban J connectivity index is 1.63. The predicted octanol–water partition coefficient (Wildman–Crippen LogP) is 3.43.